The largest absolute Gasteiger partial charge is 0.397 e. The molecular weight excluding hydrogens is 1410 g/mol. The van der Waals surface area contributed by atoms with Crippen molar-refractivity contribution in [2.45, 2.75) is 186 Å². The van der Waals surface area contributed by atoms with E-state index in [4.69, 9.17) is 87.1 Å². The van der Waals surface area contributed by atoms with Crippen molar-refractivity contribution in [3.05, 3.63) is 22.6 Å². The first kappa shape index (κ1) is 78.1. The number of amidine groups is 2. The van der Waals surface area contributed by atoms with Crippen LogP contribution in [-0.4, -0.2) is 357 Å². The van der Waals surface area contributed by atoms with Crippen molar-refractivity contribution in [2.24, 2.45) is 25.7 Å². The number of H-pyrrole nitrogens is 1. The average molecular weight is 1500 g/mol. The van der Waals surface area contributed by atoms with Gasteiger partial charge in [0.1, 0.15) is 110 Å². The average Bonchev–Trinajstić information content (AvgIpc) is 1.68. The highest BCUT2D eigenvalue weighted by molar-refractivity contribution is 6.03. The Kier molecular flexibility index (Phi) is 25.3. The van der Waals surface area contributed by atoms with Crippen molar-refractivity contribution < 1.29 is 109 Å². The summed E-state index contributed by atoms with van der Waals surface area (Å²) in [6, 6.07) is -0.200. The summed E-state index contributed by atoms with van der Waals surface area (Å²) < 4.78 is 32.9. The van der Waals surface area contributed by atoms with Crippen LogP contribution in [-0.2, 0) is 38.0 Å². The number of anilines is 6. The molecule has 14 aliphatic rings. The van der Waals surface area contributed by atoms with Crippen molar-refractivity contribution in [3.8, 4) is 0 Å². The molecule has 47 nitrogen and oxygen atoms in total. The monoisotopic (exact) mass is 1500 g/mol. The van der Waals surface area contributed by atoms with E-state index >= 15 is 0 Å². The molecule has 0 aromatic carbocycles. The summed E-state index contributed by atoms with van der Waals surface area (Å²) in [7, 11) is 0. The number of nitrogen functional groups attached to an aromatic ring is 2. The number of fused-ring (bicyclic) bond motifs is 4. The number of aliphatic imine (C=N–C) groups is 4. The molecule has 2 aromatic rings. The van der Waals surface area contributed by atoms with E-state index in [0.29, 0.717) is 81.4 Å². The van der Waals surface area contributed by atoms with Crippen LogP contribution < -0.4 is 64.5 Å². The fourth-order valence-corrected chi connectivity index (χ4v) is 13.6. The molecule has 0 bridgehead atoms. The maximum atomic E-state index is 11.7. The number of guanidine groups is 1. The van der Waals surface area contributed by atoms with Gasteiger partial charge < -0.3 is 148 Å². The Morgan fingerprint density at radius 1 is 0.538 bits per heavy atom. The number of rotatable bonds is 12. The number of aromatic amines is 1. The molecule has 8 saturated heterocycles. The summed E-state index contributed by atoms with van der Waals surface area (Å²) >= 11 is 0. The molecule has 22 atom stereocenters. The molecule has 16 rings (SSSR count). The molecule has 584 valence electrons. The molecule has 27 N–H and O–H groups in total. The quantitative estimate of drug-likeness (QED) is 0.0938. The molecular formula is C59H90N24O23. The maximum Gasteiger partial charge on any atom is 0.347 e. The fourth-order valence-electron chi connectivity index (χ4n) is 13.6. The minimum atomic E-state index is -0.777. The number of aliphatic hydroxyl groups is 12. The molecule has 106 heavy (non-hydrogen) atoms. The number of imide groups is 1. The highest BCUT2D eigenvalue weighted by atomic mass is 16.6. The molecule has 47 heteroatoms. The van der Waals surface area contributed by atoms with E-state index in [1.165, 1.54) is 22.5 Å². The first-order valence-corrected chi connectivity index (χ1v) is 34.0. The summed E-state index contributed by atoms with van der Waals surface area (Å²) in [5.74, 6) is 0.938. The van der Waals surface area contributed by atoms with E-state index < -0.39 is 122 Å². The number of ether oxygens (including phenoxy) is 6. The Hall–Kier alpha value is -8.99. The number of aliphatic hydroxyl groups excluding tert-OH is 12. The van der Waals surface area contributed by atoms with Crippen molar-refractivity contribution in [1.29, 1.82) is 10.8 Å². The van der Waals surface area contributed by atoms with Gasteiger partial charge in [0.15, 0.2) is 29.5 Å². The summed E-state index contributed by atoms with van der Waals surface area (Å²) in [6.45, 7) is 0.131. The third-order valence-corrected chi connectivity index (χ3v) is 19.3. The van der Waals surface area contributed by atoms with E-state index in [-0.39, 0.29) is 119 Å². The summed E-state index contributed by atoms with van der Waals surface area (Å²) in [5, 5.41) is 144. The van der Waals surface area contributed by atoms with Crippen LogP contribution in [0.4, 0.5) is 44.2 Å². The number of nitrogens with zero attached hydrogens (tertiary/aromatic N) is 12. The number of nitrogens with two attached hydrogens (primary N) is 3. The predicted molar refractivity (Wildman–Crippen MR) is 365 cm³/mol. The van der Waals surface area contributed by atoms with Crippen LogP contribution in [0.3, 0.4) is 0 Å². The van der Waals surface area contributed by atoms with Crippen LogP contribution >= 0.6 is 0 Å². The second-order valence-electron chi connectivity index (χ2n) is 26.2. The van der Waals surface area contributed by atoms with Crippen LogP contribution in [0.25, 0.3) is 0 Å². The fraction of sp³-hybridized carbons (Fsp3) is 0.678. The Balaban J connectivity index is 0.000000127. The van der Waals surface area contributed by atoms with Crippen molar-refractivity contribution >= 4 is 95.2 Å². The number of pyridine rings is 1. The van der Waals surface area contributed by atoms with Gasteiger partial charge in [0, 0.05) is 70.7 Å². The van der Waals surface area contributed by atoms with E-state index in [9.17, 15) is 54.6 Å². The normalized spacial score (nSPS) is 35.6. The van der Waals surface area contributed by atoms with Crippen LogP contribution in [0.2, 0.25) is 0 Å². The van der Waals surface area contributed by atoms with E-state index in [1.807, 2.05) is 9.80 Å². The van der Waals surface area contributed by atoms with Gasteiger partial charge in [-0.15, -0.1) is 0 Å². The third-order valence-electron chi connectivity index (χ3n) is 19.3. The van der Waals surface area contributed by atoms with Gasteiger partial charge in [-0.1, -0.05) is 0 Å². The topological polar surface area (TPSA) is 692 Å². The minimum absolute atomic E-state index is 0.0229. The number of nitrogens with one attached hydrogen (secondary N) is 9. The minimum Gasteiger partial charge on any atom is -0.397 e. The molecule has 0 saturated carbocycles. The molecule has 2 aromatic heterocycles. The SMILES string of the molecule is N=C1N=CNC2C1N=CN2C1CC(O)C(CO)O1.N=C1NC(=O)C2N=CN(C3CC(O)C(CO)O3)C2N1.NC1=NC(=O)N(C2CC(O)C(CO)O2)CC1.Nc1ccnc2c1NCN2C1CC(O)C(CO)O1.Nc1nc2c(c(=O)[nH]1)NCN2C1CC(O)C(CO)O1.O=C1CCN(C2CC(O)C(CO)O2)C(=O)N1. The zero-order valence-corrected chi connectivity index (χ0v) is 56.8. The van der Waals surface area contributed by atoms with Crippen molar-refractivity contribution in [3.63, 3.8) is 0 Å². The lowest BCUT2D eigenvalue weighted by molar-refractivity contribution is -0.125. The van der Waals surface area contributed by atoms with Gasteiger partial charge in [-0.2, -0.15) is 9.98 Å². The number of carbonyl (C=O) groups is 4. The lowest BCUT2D eigenvalue weighted by Gasteiger charge is -2.35. The lowest BCUT2D eigenvalue weighted by atomic mass is 10.1. The molecule has 0 spiro atoms. The van der Waals surface area contributed by atoms with Crippen LogP contribution in [0.15, 0.2) is 37.0 Å². The van der Waals surface area contributed by atoms with Gasteiger partial charge in [-0.3, -0.25) is 60.6 Å². The van der Waals surface area contributed by atoms with Gasteiger partial charge >= 0.3 is 12.1 Å². The van der Waals surface area contributed by atoms with Gasteiger partial charge in [0.25, 0.3) is 11.5 Å². The predicted octanol–water partition coefficient (Wildman–Crippen LogP) is -10.4. The standard InChI is InChI=1S/C11H16N4O3.2C10H15N5O4.C10H15N5O3.C9H15N3O4.C9H14N2O5/c12-6-1-2-13-11-10(6)14-5-15(11)9-3-7(17)8(4-16)18-9;2*11-10-13-8-7(9(18)14-10)12-3-15(8)6-1-4(17)5(2-16)19-6;11-9-8-10(13-3-12-9)15(4-14-8)7-1-5(17)6(2-16)18-7;10-7-1-2-12(9(15)11-7)8-3-5(14)6(4-13)16-8;12-4-6-5(13)3-8(16-6)11-2-1-7(14)10-9(11)15/h1-2,7-9,14,16-17H,3-5H2,(H2,12,13);4-6,12,16-17H,1-3H2,(H3,11,13,14,18);3-8,16-17H,1-2H2,(H3,11,13,14,18);3-8,10,16-17H,1-2H2,(H2,11,12,13);5-6,8,13-14H,1-4H2,(H2,10,11,15);5-6,8,12-13H,1-4H2,(H,10,14,15). The summed E-state index contributed by atoms with van der Waals surface area (Å²) in [5.41, 5.74) is 18.2. The highest BCUT2D eigenvalue weighted by Crippen LogP contribution is 2.39. The Bertz CT molecular complexity index is 3660. The molecule has 14 aliphatic heterocycles. The Morgan fingerprint density at radius 2 is 0.991 bits per heavy atom. The Labute approximate surface area is 601 Å². The molecule has 0 radical (unpaired) electrons. The second kappa shape index (κ2) is 34.3. The Morgan fingerprint density at radius 3 is 1.49 bits per heavy atom. The van der Waals surface area contributed by atoms with Crippen LogP contribution in [0.5, 0.6) is 0 Å². The van der Waals surface area contributed by atoms with E-state index in [2.05, 4.69) is 66.8 Å². The molecule has 16 heterocycles. The molecule has 8 fully saturated rings. The maximum absolute atomic E-state index is 11.7. The van der Waals surface area contributed by atoms with Crippen LogP contribution in [0.1, 0.15) is 51.4 Å². The molecule has 0 aliphatic carbocycles. The van der Waals surface area contributed by atoms with E-state index in [1.54, 1.807) is 28.4 Å². The van der Waals surface area contributed by atoms with E-state index in [0.717, 1.165) is 11.5 Å². The number of hydrogen-bond acceptors (Lipinski definition) is 39. The molecule has 22 unspecified atom stereocenters. The first-order valence-electron chi connectivity index (χ1n) is 34.0. The van der Waals surface area contributed by atoms with Crippen molar-refractivity contribution in [2.75, 3.05) is 98.0 Å². The highest BCUT2D eigenvalue weighted by Gasteiger charge is 2.49. The first-order chi connectivity index (χ1) is 50.8. The third kappa shape index (κ3) is 17.2. The van der Waals surface area contributed by atoms with Gasteiger partial charge in [0.2, 0.25) is 11.9 Å². The van der Waals surface area contributed by atoms with Gasteiger partial charge in [-0.05, 0) is 6.07 Å². The van der Waals surface area contributed by atoms with Gasteiger partial charge in [0.05, 0.1) is 114 Å². The van der Waals surface area contributed by atoms with Crippen molar-refractivity contribution in [1.82, 2.24) is 55.8 Å². The lowest BCUT2D eigenvalue weighted by Crippen LogP contribution is -2.65. The number of carbonyl (C=O) groups excluding carboxylic acids is 4. The summed E-state index contributed by atoms with van der Waals surface area (Å²) in [4.78, 5) is 93.7. The number of aromatic nitrogens is 3. The number of amides is 6. The zero-order chi connectivity index (χ0) is 75.9. The summed E-state index contributed by atoms with van der Waals surface area (Å²) in [6.07, 6.45) is -2.28. The second-order valence-corrected chi connectivity index (χ2v) is 26.2. The zero-order valence-electron chi connectivity index (χ0n) is 56.8. The smallest absolute Gasteiger partial charge is 0.347 e. The number of urea groups is 2. The number of hydrogen-bond donors (Lipinski definition) is 24. The van der Waals surface area contributed by atoms with Gasteiger partial charge in [-0.25, -0.2) is 19.6 Å². The van der Waals surface area contributed by atoms with Crippen LogP contribution in [0, 0.1) is 10.8 Å². The molecule has 6 amide bonds.